The van der Waals surface area contributed by atoms with Crippen LogP contribution in [0, 0.1) is 33.5 Å². The van der Waals surface area contributed by atoms with Crippen LogP contribution in [0.1, 0.15) is 72.1 Å². The van der Waals surface area contributed by atoms with E-state index in [2.05, 4.69) is 25.9 Å². The SMILES string of the molecule is C[C@]12CC[C@H]3[C@]4(C)CCC[C@@](C)(CO)[C@H]4CC[C@@]3(C1)[C@@H](O)/C2=N\O. The van der Waals surface area contributed by atoms with Crippen LogP contribution >= 0.6 is 0 Å². The van der Waals surface area contributed by atoms with Crippen LogP contribution in [-0.2, 0) is 0 Å². The first-order chi connectivity index (χ1) is 11.3. The van der Waals surface area contributed by atoms with E-state index in [9.17, 15) is 15.4 Å². The lowest BCUT2D eigenvalue weighted by Crippen LogP contribution is -2.59. The molecule has 7 atom stereocenters. The van der Waals surface area contributed by atoms with E-state index in [0.29, 0.717) is 17.5 Å². The average molecular weight is 335 g/mol. The Morgan fingerprint density at radius 3 is 2.42 bits per heavy atom. The van der Waals surface area contributed by atoms with Crippen molar-refractivity contribution < 1.29 is 15.4 Å². The van der Waals surface area contributed by atoms with Gasteiger partial charge in [0.1, 0.15) is 6.10 Å². The molecular formula is C20H33NO3. The zero-order valence-corrected chi connectivity index (χ0v) is 15.4. The average Bonchev–Trinajstić information content (AvgIpc) is 2.69. The summed E-state index contributed by atoms with van der Waals surface area (Å²) in [4.78, 5) is 0. The molecule has 4 heteroatoms. The van der Waals surface area contributed by atoms with E-state index in [1.54, 1.807) is 0 Å². The third-order valence-corrected chi connectivity index (χ3v) is 9.08. The first kappa shape index (κ1) is 16.8. The molecule has 0 aromatic carbocycles. The number of fused-ring (bicyclic) bond motifs is 3. The van der Waals surface area contributed by atoms with Crippen LogP contribution in [0.15, 0.2) is 5.16 Å². The second-order valence-electron chi connectivity index (χ2n) is 10.2. The number of hydrogen-bond donors (Lipinski definition) is 3. The second-order valence-corrected chi connectivity index (χ2v) is 10.2. The van der Waals surface area contributed by atoms with Gasteiger partial charge >= 0.3 is 0 Å². The molecule has 4 fully saturated rings. The van der Waals surface area contributed by atoms with Crippen LogP contribution in [0.2, 0.25) is 0 Å². The predicted octanol–water partition coefficient (Wildman–Crippen LogP) is 3.58. The Morgan fingerprint density at radius 1 is 1.04 bits per heavy atom. The monoisotopic (exact) mass is 335 g/mol. The van der Waals surface area contributed by atoms with Crippen molar-refractivity contribution >= 4 is 5.71 Å². The third-order valence-electron chi connectivity index (χ3n) is 9.08. The molecule has 4 aliphatic carbocycles. The number of oxime groups is 1. The van der Waals surface area contributed by atoms with E-state index < -0.39 is 6.10 Å². The van der Waals surface area contributed by atoms with Crippen molar-refractivity contribution in [3.05, 3.63) is 0 Å². The highest BCUT2D eigenvalue weighted by Crippen LogP contribution is 2.72. The zero-order chi connectivity index (χ0) is 17.4. The molecule has 4 rings (SSSR count). The van der Waals surface area contributed by atoms with Gasteiger partial charge in [0.15, 0.2) is 0 Å². The van der Waals surface area contributed by atoms with Crippen molar-refractivity contribution in [3.63, 3.8) is 0 Å². The number of nitrogens with zero attached hydrogens (tertiary/aromatic N) is 1. The van der Waals surface area contributed by atoms with E-state index in [4.69, 9.17) is 0 Å². The first-order valence-corrected chi connectivity index (χ1v) is 9.77. The lowest BCUT2D eigenvalue weighted by Gasteiger charge is -2.64. The molecule has 0 heterocycles. The van der Waals surface area contributed by atoms with Gasteiger partial charge in [-0.25, -0.2) is 0 Å². The van der Waals surface area contributed by atoms with E-state index in [1.165, 1.54) is 12.8 Å². The molecule has 0 aromatic heterocycles. The van der Waals surface area contributed by atoms with Crippen molar-refractivity contribution in [2.45, 2.75) is 78.2 Å². The van der Waals surface area contributed by atoms with Gasteiger partial charge in [-0.05, 0) is 67.6 Å². The largest absolute Gasteiger partial charge is 0.411 e. The molecule has 4 aliphatic rings. The fraction of sp³-hybridized carbons (Fsp3) is 0.950. The maximum Gasteiger partial charge on any atom is 0.102 e. The van der Waals surface area contributed by atoms with Crippen molar-refractivity contribution in [3.8, 4) is 0 Å². The van der Waals surface area contributed by atoms with E-state index >= 15 is 0 Å². The summed E-state index contributed by atoms with van der Waals surface area (Å²) in [6, 6.07) is 0. The van der Waals surface area contributed by atoms with Gasteiger partial charge in [-0.1, -0.05) is 32.3 Å². The van der Waals surface area contributed by atoms with Gasteiger partial charge in [0, 0.05) is 17.4 Å². The normalized spacial score (nSPS) is 58.4. The van der Waals surface area contributed by atoms with E-state index in [-0.39, 0.29) is 28.3 Å². The predicted molar refractivity (Wildman–Crippen MR) is 93.0 cm³/mol. The Kier molecular flexibility index (Phi) is 3.49. The maximum absolute atomic E-state index is 11.2. The van der Waals surface area contributed by atoms with Crippen molar-refractivity contribution in [2.24, 2.45) is 38.7 Å². The summed E-state index contributed by atoms with van der Waals surface area (Å²) in [5.74, 6) is 1.00. The fourth-order valence-electron chi connectivity index (χ4n) is 8.07. The van der Waals surface area contributed by atoms with Crippen molar-refractivity contribution in [1.82, 2.24) is 0 Å². The van der Waals surface area contributed by atoms with Crippen molar-refractivity contribution in [2.75, 3.05) is 6.61 Å². The topological polar surface area (TPSA) is 73.0 Å². The Labute approximate surface area is 145 Å². The van der Waals surface area contributed by atoms with Gasteiger partial charge in [-0.2, -0.15) is 0 Å². The lowest BCUT2D eigenvalue weighted by atomic mass is 9.40. The highest BCUT2D eigenvalue weighted by atomic mass is 16.4. The number of rotatable bonds is 1. The molecular weight excluding hydrogens is 302 g/mol. The van der Waals surface area contributed by atoms with E-state index in [0.717, 1.165) is 38.5 Å². The Balaban J connectivity index is 1.78. The molecule has 4 nitrogen and oxygen atoms in total. The van der Waals surface area contributed by atoms with Gasteiger partial charge in [0.25, 0.3) is 0 Å². The fourth-order valence-corrected chi connectivity index (χ4v) is 8.07. The van der Waals surface area contributed by atoms with Gasteiger partial charge in [-0.3, -0.25) is 0 Å². The standard InChI is InChI=1S/C20H33NO3/c1-17-9-5-14-19(3)8-4-7-18(2,12-22)13(19)6-10-20(14,11-17)16(23)15(17)21-24/h13-14,16,22-24H,4-12H2,1-3H3/b21-15+/t13-,14+,16+,17+,18+,19-,20+/m1/s1. The highest BCUT2D eigenvalue weighted by Gasteiger charge is 2.70. The number of aliphatic hydroxyl groups is 2. The quantitative estimate of drug-likeness (QED) is 0.506. The summed E-state index contributed by atoms with van der Waals surface area (Å²) < 4.78 is 0. The Hall–Kier alpha value is -0.610. The van der Waals surface area contributed by atoms with Crippen LogP contribution in [0.25, 0.3) is 0 Å². The van der Waals surface area contributed by atoms with Crippen molar-refractivity contribution in [1.29, 1.82) is 0 Å². The zero-order valence-electron chi connectivity index (χ0n) is 15.4. The second kappa shape index (κ2) is 4.97. The van der Waals surface area contributed by atoms with Crippen LogP contribution in [0.5, 0.6) is 0 Å². The summed E-state index contributed by atoms with van der Waals surface area (Å²) >= 11 is 0. The van der Waals surface area contributed by atoms with Gasteiger partial charge in [-0.15, -0.1) is 0 Å². The van der Waals surface area contributed by atoms with Gasteiger partial charge < -0.3 is 15.4 Å². The first-order valence-electron chi connectivity index (χ1n) is 9.77. The van der Waals surface area contributed by atoms with E-state index in [1.807, 2.05) is 0 Å². The maximum atomic E-state index is 11.2. The molecule has 3 N–H and O–H groups in total. The Morgan fingerprint density at radius 2 is 1.75 bits per heavy atom. The molecule has 0 amide bonds. The smallest absolute Gasteiger partial charge is 0.102 e. The third kappa shape index (κ3) is 1.79. The summed E-state index contributed by atoms with van der Waals surface area (Å²) in [7, 11) is 0. The molecule has 0 saturated heterocycles. The summed E-state index contributed by atoms with van der Waals surface area (Å²) in [5, 5.41) is 34.4. The molecule has 2 bridgehead atoms. The number of hydrogen-bond acceptors (Lipinski definition) is 4. The molecule has 4 saturated carbocycles. The van der Waals surface area contributed by atoms with Crippen LogP contribution in [0.3, 0.4) is 0 Å². The molecule has 1 spiro atoms. The molecule has 0 unspecified atom stereocenters. The minimum atomic E-state index is -0.597. The molecule has 136 valence electrons. The minimum Gasteiger partial charge on any atom is -0.411 e. The summed E-state index contributed by atoms with van der Waals surface area (Å²) in [5.41, 5.74) is 0.581. The van der Waals surface area contributed by atoms with Crippen LogP contribution in [-0.4, -0.2) is 33.8 Å². The Bertz CT molecular complexity index is 577. The summed E-state index contributed by atoms with van der Waals surface area (Å²) in [6.07, 6.45) is 8.06. The molecule has 24 heavy (non-hydrogen) atoms. The van der Waals surface area contributed by atoms with Crippen LogP contribution in [0.4, 0.5) is 0 Å². The minimum absolute atomic E-state index is 0.0206. The lowest BCUT2D eigenvalue weighted by molar-refractivity contribution is -0.181. The highest BCUT2D eigenvalue weighted by molar-refractivity contribution is 5.96. The van der Waals surface area contributed by atoms with Crippen LogP contribution < -0.4 is 0 Å². The molecule has 0 aromatic rings. The van der Waals surface area contributed by atoms with Gasteiger partial charge in [0.05, 0.1) is 5.71 Å². The molecule has 0 aliphatic heterocycles. The molecule has 0 radical (unpaired) electrons. The van der Waals surface area contributed by atoms with Gasteiger partial charge in [0.2, 0.25) is 0 Å². The number of aliphatic hydroxyl groups excluding tert-OH is 2. The summed E-state index contributed by atoms with van der Waals surface area (Å²) in [6.45, 7) is 7.14.